The molecule has 1 aliphatic carbocycles. The lowest BCUT2D eigenvalue weighted by molar-refractivity contribution is -0.118. The highest BCUT2D eigenvalue weighted by molar-refractivity contribution is 9.10. The first-order valence-corrected chi connectivity index (χ1v) is 7.71. The molecule has 0 spiro atoms. The summed E-state index contributed by atoms with van der Waals surface area (Å²) in [5, 5.41) is 3.01. The maximum absolute atomic E-state index is 13.0. The van der Waals surface area contributed by atoms with Crippen molar-refractivity contribution in [1.29, 1.82) is 0 Å². The molecule has 0 aromatic heterocycles. The van der Waals surface area contributed by atoms with E-state index in [1.54, 1.807) is 0 Å². The molecule has 3 rings (SSSR count). The van der Waals surface area contributed by atoms with Gasteiger partial charge in [0.15, 0.2) is 0 Å². The zero-order valence-electron chi connectivity index (χ0n) is 11.0. The molecule has 1 aliphatic rings. The smallest absolute Gasteiger partial charge is 0.235 e. The van der Waals surface area contributed by atoms with E-state index in [4.69, 9.17) is 11.6 Å². The number of nitrogens with one attached hydrogen (secondary N) is 1. The summed E-state index contributed by atoms with van der Waals surface area (Å²) in [5.41, 5.74) is 0.936. The summed E-state index contributed by atoms with van der Waals surface area (Å²) in [7, 11) is 0. The highest BCUT2D eigenvalue weighted by Gasteiger charge is 2.51. The Bertz CT molecular complexity index is 698. The van der Waals surface area contributed by atoms with Crippen molar-refractivity contribution in [1.82, 2.24) is 0 Å². The SMILES string of the molecule is O=C(Nc1ccc(F)cc1Cl)C1(c2ccc(Br)cc2)CC1. The monoisotopic (exact) mass is 367 g/mol. The Morgan fingerprint density at radius 3 is 2.43 bits per heavy atom. The molecule has 108 valence electrons. The number of hydrogen-bond acceptors (Lipinski definition) is 1. The van der Waals surface area contributed by atoms with Crippen LogP contribution in [0, 0.1) is 5.82 Å². The molecule has 0 heterocycles. The van der Waals surface area contributed by atoms with E-state index in [0.29, 0.717) is 5.69 Å². The van der Waals surface area contributed by atoms with Crippen molar-refractivity contribution in [2.75, 3.05) is 5.32 Å². The maximum Gasteiger partial charge on any atom is 0.235 e. The summed E-state index contributed by atoms with van der Waals surface area (Å²) in [6.45, 7) is 0. The van der Waals surface area contributed by atoms with Crippen LogP contribution in [0.2, 0.25) is 5.02 Å². The van der Waals surface area contributed by atoms with Crippen LogP contribution in [0.15, 0.2) is 46.9 Å². The third kappa shape index (κ3) is 2.83. The first kappa shape index (κ1) is 14.5. The number of rotatable bonds is 3. The van der Waals surface area contributed by atoms with Gasteiger partial charge in [-0.05, 0) is 48.7 Å². The first-order chi connectivity index (χ1) is 10.0. The second-order valence-corrected chi connectivity index (χ2v) is 6.49. The molecule has 1 N–H and O–H groups in total. The number of benzene rings is 2. The lowest BCUT2D eigenvalue weighted by atomic mass is 9.95. The Hall–Kier alpha value is -1.39. The van der Waals surface area contributed by atoms with E-state index in [1.807, 2.05) is 24.3 Å². The number of carbonyl (C=O) groups excluding carboxylic acids is 1. The molecule has 2 nitrogen and oxygen atoms in total. The summed E-state index contributed by atoms with van der Waals surface area (Å²) in [5.74, 6) is -0.523. The van der Waals surface area contributed by atoms with Gasteiger partial charge in [-0.2, -0.15) is 0 Å². The largest absolute Gasteiger partial charge is 0.324 e. The Morgan fingerprint density at radius 1 is 1.19 bits per heavy atom. The van der Waals surface area contributed by atoms with Gasteiger partial charge in [-0.15, -0.1) is 0 Å². The fourth-order valence-corrected chi connectivity index (χ4v) is 2.85. The molecule has 0 unspecified atom stereocenters. The Labute approximate surface area is 135 Å². The summed E-state index contributed by atoms with van der Waals surface area (Å²) in [6, 6.07) is 11.7. The van der Waals surface area contributed by atoms with Crippen LogP contribution in [0.3, 0.4) is 0 Å². The molecular weight excluding hydrogens is 357 g/mol. The minimum Gasteiger partial charge on any atom is -0.324 e. The normalized spacial score (nSPS) is 15.6. The van der Waals surface area contributed by atoms with Crippen LogP contribution >= 0.6 is 27.5 Å². The first-order valence-electron chi connectivity index (χ1n) is 6.54. The van der Waals surface area contributed by atoms with Gasteiger partial charge in [0, 0.05) is 4.47 Å². The summed E-state index contributed by atoms with van der Waals surface area (Å²) < 4.78 is 14.0. The van der Waals surface area contributed by atoms with E-state index < -0.39 is 11.2 Å². The van der Waals surface area contributed by atoms with Crippen molar-refractivity contribution in [3.05, 3.63) is 63.3 Å². The van der Waals surface area contributed by atoms with Gasteiger partial charge in [-0.3, -0.25) is 4.79 Å². The highest BCUT2D eigenvalue weighted by atomic mass is 79.9. The Kier molecular flexibility index (Phi) is 3.76. The Balaban J connectivity index is 1.83. The fraction of sp³-hybridized carbons (Fsp3) is 0.188. The molecule has 0 radical (unpaired) electrons. The van der Waals surface area contributed by atoms with Crippen LogP contribution in [-0.4, -0.2) is 5.91 Å². The molecule has 0 atom stereocenters. The number of amides is 1. The van der Waals surface area contributed by atoms with E-state index >= 15 is 0 Å². The molecule has 1 fully saturated rings. The van der Waals surface area contributed by atoms with Crippen LogP contribution in [0.1, 0.15) is 18.4 Å². The van der Waals surface area contributed by atoms with Gasteiger partial charge in [0.1, 0.15) is 5.82 Å². The fourth-order valence-electron chi connectivity index (χ4n) is 2.37. The third-order valence-corrected chi connectivity index (χ3v) is 4.60. The van der Waals surface area contributed by atoms with Crippen molar-refractivity contribution in [3.8, 4) is 0 Å². The zero-order valence-corrected chi connectivity index (χ0v) is 13.3. The summed E-state index contributed by atoms with van der Waals surface area (Å²) in [6.07, 6.45) is 1.61. The van der Waals surface area contributed by atoms with Crippen LogP contribution in [0.25, 0.3) is 0 Å². The second kappa shape index (κ2) is 5.43. The zero-order chi connectivity index (χ0) is 15.0. The van der Waals surface area contributed by atoms with E-state index in [9.17, 15) is 9.18 Å². The van der Waals surface area contributed by atoms with Crippen LogP contribution < -0.4 is 5.32 Å². The van der Waals surface area contributed by atoms with Crippen molar-refractivity contribution in [2.45, 2.75) is 18.3 Å². The lowest BCUT2D eigenvalue weighted by Gasteiger charge is -2.16. The van der Waals surface area contributed by atoms with Crippen LogP contribution in [0.4, 0.5) is 10.1 Å². The van der Waals surface area contributed by atoms with Gasteiger partial charge in [0.25, 0.3) is 0 Å². The van der Waals surface area contributed by atoms with Gasteiger partial charge >= 0.3 is 0 Å². The third-order valence-electron chi connectivity index (χ3n) is 3.76. The quantitative estimate of drug-likeness (QED) is 0.819. The molecule has 2 aromatic rings. The van der Waals surface area contributed by atoms with Crippen LogP contribution in [0.5, 0.6) is 0 Å². The molecular formula is C16H12BrClFNO. The molecule has 0 aliphatic heterocycles. The molecule has 1 amide bonds. The van der Waals surface area contributed by atoms with Crippen LogP contribution in [-0.2, 0) is 10.2 Å². The summed E-state index contributed by atoms with van der Waals surface area (Å²) >= 11 is 9.34. The Morgan fingerprint density at radius 2 is 1.86 bits per heavy atom. The lowest BCUT2D eigenvalue weighted by Crippen LogP contribution is -2.27. The summed E-state index contributed by atoms with van der Waals surface area (Å²) in [4.78, 5) is 12.5. The predicted octanol–water partition coefficient (Wildman–Crippen LogP) is 4.91. The van der Waals surface area contributed by atoms with Gasteiger partial charge in [0.05, 0.1) is 16.1 Å². The molecule has 21 heavy (non-hydrogen) atoms. The predicted molar refractivity (Wildman–Crippen MR) is 85.1 cm³/mol. The minimum absolute atomic E-state index is 0.0988. The van der Waals surface area contributed by atoms with Crippen molar-refractivity contribution < 1.29 is 9.18 Å². The average molecular weight is 369 g/mol. The van der Waals surface area contributed by atoms with Crippen molar-refractivity contribution >= 4 is 39.1 Å². The number of hydrogen-bond donors (Lipinski definition) is 1. The minimum atomic E-state index is -0.488. The van der Waals surface area contributed by atoms with E-state index in [2.05, 4.69) is 21.2 Å². The highest BCUT2D eigenvalue weighted by Crippen LogP contribution is 2.49. The number of halogens is 3. The number of anilines is 1. The van der Waals surface area contributed by atoms with E-state index in [1.165, 1.54) is 18.2 Å². The molecule has 0 bridgehead atoms. The van der Waals surface area contributed by atoms with Gasteiger partial charge in [-0.1, -0.05) is 39.7 Å². The van der Waals surface area contributed by atoms with E-state index in [-0.39, 0.29) is 10.9 Å². The molecule has 2 aromatic carbocycles. The van der Waals surface area contributed by atoms with E-state index in [0.717, 1.165) is 22.9 Å². The van der Waals surface area contributed by atoms with Gasteiger partial charge < -0.3 is 5.32 Å². The van der Waals surface area contributed by atoms with Gasteiger partial charge in [0.2, 0.25) is 5.91 Å². The average Bonchev–Trinajstić information content (AvgIpc) is 3.24. The molecule has 1 saturated carbocycles. The molecule has 0 saturated heterocycles. The van der Waals surface area contributed by atoms with Gasteiger partial charge in [-0.25, -0.2) is 4.39 Å². The maximum atomic E-state index is 13.0. The molecule has 5 heteroatoms. The topological polar surface area (TPSA) is 29.1 Å². The number of carbonyl (C=O) groups is 1. The van der Waals surface area contributed by atoms with Crippen molar-refractivity contribution in [2.24, 2.45) is 0 Å². The standard InChI is InChI=1S/C16H12BrClFNO/c17-11-3-1-10(2-4-11)16(7-8-16)15(21)20-14-6-5-12(19)9-13(14)18/h1-6,9H,7-8H2,(H,20,21). The van der Waals surface area contributed by atoms with Crippen molar-refractivity contribution in [3.63, 3.8) is 0 Å². The second-order valence-electron chi connectivity index (χ2n) is 5.17.